The second-order valence-corrected chi connectivity index (χ2v) is 7.43. The van der Waals surface area contributed by atoms with Crippen molar-refractivity contribution in [2.45, 2.75) is 11.4 Å². The van der Waals surface area contributed by atoms with Crippen LogP contribution in [0.2, 0.25) is 0 Å². The van der Waals surface area contributed by atoms with E-state index in [2.05, 4.69) is 0 Å². The van der Waals surface area contributed by atoms with Crippen molar-refractivity contribution in [1.29, 1.82) is 0 Å². The van der Waals surface area contributed by atoms with E-state index in [0.29, 0.717) is 43.4 Å². The Morgan fingerprint density at radius 2 is 1.71 bits per heavy atom. The maximum absolute atomic E-state index is 12.5. The zero-order valence-electron chi connectivity index (χ0n) is 12.9. The van der Waals surface area contributed by atoms with Crippen LogP contribution in [-0.2, 0) is 16.6 Å². The molecule has 0 amide bonds. The normalized spacial score (nSPS) is 17.0. The maximum Gasteiger partial charge on any atom is 0.433 e. The Balaban J connectivity index is 1.60. The Morgan fingerprint density at radius 1 is 1.04 bits per heavy atom. The van der Waals surface area contributed by atoms with E-state index in [-0.39, 0.29) is 5.88 Å². The van der Waals surface area contributed by atoms with Crippen LogP contribution < -0.4 is 0 Å². The number of nitrogens with zero attached hydrogens (tertiary/aromatic N) is 3. The van der Waals surface area contributed by atoms with Gasteiger partial charge < -0.3 is 4.42 Å². The number of nitro groups is 1. The Hall–Kier alpha value is -2.23. The first-order valence-corrected chi connectivity index (χ1v) is 8.91. The number of hydrogen-bond acceptors (Lipinski definition) is 6. The molecule has 0 N–H and O–H groups in total. The molecule has 0 aliphatic carbocycles. The number of rotatable bonds is 5. The van der Waals surface area contributed by atoms with E-state index in [0.717, 1.165) is 0 Å². The summed E-state index contributed by atoms with van der Waals surface area (Å²) in [5, 5.41) is 10.6. The third-order valence-electron chi connectivity index (χ3n) is 3.92. The van der Waals surface area contributed by atoms with Crippen LogP contribution >= 0.6 is 0 Å². The molecule has 0 unspecified atom stereocenters. The van der Waals surface area contributed by atoms with Crippen molar-refractivity contribution in [3.8, 4) is 0 Å². The molecule has 128 valence electrons. The molecular weight excluding hydrogens is 334 g/mol. The minimum atomic E-state index is -3.47. The van der Waals surface area contributed by atoms with Crippen LogP contribution in [0.4, 0.5) is 5.88 Å². The predicted octanol–water partition coefficient (Wildman–Crippen LogP) is 1.69. The minimum absolute atomic E-state index is 0.282. The number of piperazine rings is 1. The van der Waals surface area contributed by atoms with E-state index >= 15 is 0 Å². The van der Waals surface area contributed by atoms with Gasteiger partial charge in [0.15, 0.2) is 0 Å². The molecule has 3 rings (SSSR count). The molecule has 2 aromatic rings. The van der Waals surface area contributed by atoms with Crippen molar-refractivity contribution in [1.82, 2.24) is 9.21 Å². The van der Waals surface area contributed by atoms with E-state index < -0.39 is 14.9 Å². The zero-order chi connectivity index (χ0) is 17.2. The second kappa shape index (κ2) is 6.71. The summed E-state index contributed by atoms with van der Waals surface area (Å²) in [4.78, 5) is 12.3. The third-order valence-corrected chi connectivity index (χ3v) is 5.83. The van der Waals surface area contributed by atoms with Gasteiger partial charge in [0.25, 0.3) is 0 Å². The fourth-order valence-corrected chi connectivity index (χ4v) is 4.08. The molecule has 0 saturated carbocycles. The van der Waals surface area contributed by atoms with E-state index in [1.807, 2.05) is 4.90 Å². The summed E-state index contributed by atoms with van der Waals surface area (Å²) in [6, 6.07) is 11.3. The molecular formula is C15H17N3O5S. The molecule has 1 saturated heterocycles. The molecule has 1 aromatic heterocycles. The van der Waals surface area contributed by atoms with Crippen molar-refractivity contribution < 1.29 is 17.8 Å². The van der Waals surface area contributed by atoms with Gasteiger partial charge >= 0.3 is 5.88 Å². The van der Waals surface area contributed by atoms with E-state index in [1.165, 1.54) is 10.4 Å². The van der Waals surface area contributed by atoms with Gasteiger partial charge in [0.2, 0.25) is 10.0 Å². The molecule has 0 spiro atoms. The standard InChI is InChI=1S/C15H17N3O5S/c19-18(20)15-7-6-13(23-15)12-16-8-10-17(11-9-16)24(21,22)14-4-2-1-3-5-14/h1-7H,8-12H2. The maximum atomic E-state index is 12.5. The van der Waals surface area contributed by atoms with E-state index in [9.17, 15) is 18.5 Å². The molecule has 1 aliphatic rings. The van der Waals surface area contributed by atoms with Crippen molar-refractivity contribution in [3.63, 3.8) is 0 Å². The summed E-state index contributed by atoms with van der Waals surface area (Å²) in [5.74, 6) is 0.219. The lowest BCUT2D eigenvalue weighted by Gasteiger charge is -2.33. The lowest BCUT2D eigenvalue weighted by molar-refractivity contribution is -0.402. The third kappa shape index (κ3) is 3.48. The monoisotopic (exact) mass is 351 g/mol. The van der Waals surface area contributed by atoms with E-state index in [1.54, 1.807) is 36.4 Å². The molecule has 0 atom stereocenters. The summed E-state index contributed by atoms with van der Waals surface area (Å²) in [7, 11) is -3.47. The van der Waals surface area contributed by atoms with Crippen LogP contribution in [0.5, 0.6) is 0 Å². The van der Waals surface area contributed by atoms with Gasteiger partial charge in [-0.2, -0.15) is 4.31 Å². The smallest absolute Gasteiger partial charge is 0.404 e. The van der Waals surface area contributed by atoms with Gasteiger partial charge in [0, 0.05) is 26.2 Å². The van der Waals surface area contributed by atoms with Gasteiger partial charge in [-0.15, -0.1) is 0 Å². The first-order valence-electron chi connectivity index (χ1n) is 7.47. The van der Waals surface area contributed by atoms with Crippen molar-refractivity contribution in [2.75, 3.05) is 26.2 Å². The average Bonchev–Trinajstić information content (AvgIpc) is 3.05. The fourth-order valence-electron chi connectivity index (χ4n) is 2.64. The summed E-state index contributed by atoms with van der Waals surface area (Å²) in [6.45, 7) is 2.26. The molecule has 1 aliphatic heterocycles. The molecule has 1 aromatic carbocycles. The minimum Gasteiger partial charge on any atom is -0.404 e. The lowest BCUT2D eigenvalue weighted by Crippen LogP contribution is -2.48. The first kappa shape index (κ1) is 16.6. The van der Waals surface area contributed by atoms with Gasteiger partial charge in [-0.25, -0.2) is 8.42 Å². The highest BCUT2D eigenvalue weighted by molar-refractivity contribution is 7.89. The number of sulfonamides is 1. The van der Waals surface area contributed by atoms with Gasteiger partial charge in [-0.05, 0) is 18.2 Å². The molecule has 2 heterocycles. The number of furan rings is 1. The second-order valence-electron chi connectivity index (χ2n) is 5.49. The number of benzene rings is 1. The highest BCUT2D eigenvalue weighted by atomic mass is 32.2. The Morgan fingerprint density at radius 3 is 2.29 bits per heavy atom. The molecule has 24 heavy (non-hydrogen) atoms. The lowest BCUT2D eigenvalue weighted by atomic mass is 10.3. The van der Waals surface area contributed by atoms with Crippen LogP contribution in [0, 0.1) is 10.1 Å². The van der Waals surface area contributed by atoms with Gasteiger partial charge in [0.1, 0.15) is 10.7 Å². The van der Waals surface area contributed by atoms with Gasteiger partial charge in [0.05, 0.1) is 17.5 Å². The molecule has 9 heteroatoms. The molecule has 0 bridgehead atoms. The summed E-state index contributed by atoms with van der Waals surface area (Å²) in [6.07, 6.45) is 0. The Labute approximate surface area is 139 Å². The van der Waals surface area contributed by atoms with Gasteiger partial charge in [-0.1, -0.05) is 18.2 Å². The average molecular weight is 351 g/mol. The highest BCUT2D eigenvalue weighted by Gasteiger charge is 2.28. The predicted molar refractivity (Wildman–Crippen MR) is 85.8 cm³/mol. The van der Waals surface area contributed by atoms with Crippen molar-refractivity contribution in [2.24, 2.45) is 0 Å². The Kier molecular flexibility index (Phi) is 4.65. The SMILES string of the molecule is O=[N+]([O-])c1ccc(CN2CCN(S(=O)(=O)c3ccccc3)CC2)o1. The molecule has 1 fully saturated rings. The van der Waals surface area contributed by atoms with Crippen molar-refractivity contribution >= 4 is 15.9 Å². The van der Waals surface area contributed by atoms with Crippen LogP contribution in [0.1, 0.15) is 5.76 Å². The number of hydrogen-bond donors (Lipinski definition) is 0. The largest absolute Gasteiger partial charge is 0.433 e. The highest BCUT2D eigenvalue weighted by Crippen LogP contribution is 2.20. The van der Waals surface area contributed by atoms with E-state index in [4.69, 9.17) is 4.42 Å². The molecule has 0 radical (unpaired) electrons. The van der Waals surface area contributed by atoms with Gasteiger partial charge in [-0.3, -0.25) is 15.0 Å². The summed E-state index contributed by atoms with van der Waals surface area (Å²) < 4.78 is 31.7. The zero-order valence-corrected chi connectivity index (χ0v) is 13.7. The topological polar surface area (TPSA) is 96.9 Å². The van der Waals surface area contributed by atoms with Crippen molar-refractivity contribution in [3.05, 3.63) is 58.3 Å². The van der Waals surface area contributed by atoms with Crippen LogP contribution in [0.25, 0.3) is 0 Å². The first-order chi connectivity index (χ1) is 11.5. The quantitative estimate of drug-likeness (QED) is 0.601. The van der Waals surface area contributed by atoms with Crippen LogP contribution in [0.15, 0.2) is 51.8 Å². The van der Waals surface area contributed by atoms with Crippen LogP contribution in [0.3, 0.4) is 0 Å². The van der Waals surface area contributed by atoms with Crippen LogP contribution in [-0.4, -0.2) is 48.7 Å². The fraction of sp³-hybridized carbons (Fsp3) is 0.333. The summed E-state index contributed by atoms with van der Waals surface area (Å²) >= 11 is 0. The summed E-state index contributed by atoms with van der Waals surface area (Å²) in [5.41, 5.74) is 0. The molecule has 8 nitrogen and oxygen atoms in total. The Bertz CT molecular complexity index is 811.